The van der Waals surface area contributed by atoms with Crippen LogP contribution < -0.4 is 520 Å². The number of hydrogen-bond donors (Lipinski definition) is 15. The van der Waals surface area contributed by atoms with Crippen molar-refractivity contribution in [1.29, 1.82) is 0 Å². The number of carboxylic acids is 30. The van der Waals surface area contributed by atoms with Gasteiger partial charge in [-0.2, -0.15) is 0 Å². The molecule has 0 atom stereocenters. The van der Waals surface area contributed by atoms with Gasteiger partial charge in [-0.3, -0.25) is 71.9 Å². The Kier molecular flexibility index (Phi) is 649. The van der Waals surface area contributed by atoms with Crippen LogP contribution in [-0.2, 0) is 144 Å². The fourth-order valence-corrected chi connectivity index (χ4v) is 0. The zero-order valence-corrected chi connectivity index (χ0v) is 115. The molecule has 0 saturated heterocycles. The van der Waals surface area contributed by atoms with Crippen LogP contribution in [0.25, 0.3) is 0 Å². The average Bonchev–Trinajstić information content (AvgIpc) is 3.29. The molecule has 0 aromatic rings. The molecule has 0 spiro atoms. The van der Waals surface area contributed by atoms with E-state index in [-0.39, 0.29) is 443 Å². The minimum atomic E-state index is -1.08. The number of carbonyl (C=O) groups is 30. The van der Waals surface area contributed by atoms with Crippen molar-refractivity contribution in [3.63, 3.8) is 0 Å². The van der Waals surface area contributed by atoms with Gasteiger partial charge in [-0.05, 0) is 104 Å². The van der Waals surface area contributed by atoms with E-state index in [0.29, 0.717) is 0 Å². The van der Waals surface area contributed by atoms with Gasteiger partial charge < -0.3 is 225 Å². The Hall–Kier alpha value is -0.900. The molecule has 75 heteroatoms. The number of hydrogen-bond acceptors (Lipinski definition) is 45. The van der Waals surface area contributed by atoms with E-state index < -0.39 is 179 Å². The summed E-state index contributed by atoms with van der Waals surface area (Å²) in [5.74, 6) is -28.7. The van der Waals surface area contributed by atoms with Crippen LogP contribution in [0.15, 0.2) is 0 Å². The topological polar surface area (TPSA) is 1160 Å². The van der Waals surface area contributed by atoms with Gasteiger partial charge in [0, 0.05) is 193 Å². The number of rotatable bonds is 0. The Morgan fingerprint density at radius 1 is 0.0889 bits per heavy atom. The van der Waals surface area contributed by atoms with Crippen LogP contribution in [0, 0.1) is 0 Å². The first-order chi connectivity index (χ1) is 52.0. The summed E-state index contributed by atoms with van der Waals surface area (Å²) < 4.78 is 0. The van der Waals surface area contributed by atoms with Gasteiger partial charge in [-0.25, -0.2) is 0 Å². The first kappa shape index (κ1) is 299. The molecule has 0 heterocycles. The molecule has 135 heavy (non-hydrogen) atoms. The van der Waals surface area contributed by atoms with Crippen molar-refractivity contribution < 1.29 is 740 Å². The molecule has 0 rings (SSSR count). The molecule has 15 N–H and O–H groups in total. The molecule has 0 aliphatic carbocycles. The molecular formula is C60H105Na15O60. The maximum Gasteiger partial charge on any atom is 1.00 e. The van der Waals surface area contributed by atoms with Crippen molar-refractivity contribution in [1.82, 2.24) is 0 Å². The molecule has 60 nitrogen and oxygen atoms in total. The number of carbonyl (C=O) groups excluding carboxylic acids is 15. The summed E-state index contributed by atoms with van der Waals surface area (Å²) in [6.45, 7) is 30.8. The summed E-state index contributed by atoms with van der Waals surface area (Å²) in [7, 11) is 0. The molecule has 0 aromatic carbocycles. The third kappa shape index (κ3) is 2820000. The Morgan fingerprint density at radius 3 is 0.0889 bits per heavy atom. The Labute approximate surface area is 1110 Å². The standard InChI is InChI=1S/30C2H4O2.15Na/c30*1-2(3)4;;;;;;;;;;;;;;;/h30*1H3,(H,3,4);;;;;;;;;;;;;;;/q;;;;;;;;;;;;;;;;;;;;;;;;;;;;;;15*+1/p-15. The van der Waals surface area contributed by atoms with Crippen LogP contribution in [0.5, 0.6) is 0 Å². The summed E-state index contributed by atoms with van der Waals surface area (Å²) in [5, 5.41) is 245. The first-order valence-electron chi connectivity index (χ1n) is 27.5. The van der Waals surface area contributed by atoms with Crippen LogP contribution in [-0.4, -0.2) is 256 Å². The summed E-state index contributed by atoms with van der Waals surface area (Å²) in [6.07, 6.45) is 0. The predicted molar refractivity (Wildman–Crippen MR) is 360 cm³/mol. The van der Waals surface area contributed by atoms with E-state index in [1.54, 1.807) is 0 Å². The maximum absolute atomic E-state index is 9.00. The molecule has 0 saturated carbocycles. The van der Waals surface area contributed by atoms with E-state index in [1.807, 2.05) is 0 Å². The van der Waals surface area contributed by atoms with Crippen molar-refractivity contribution in [2.24, 2.45) is 0 Å². The van der Waals surface area contributed by atoms with Crippen molar-refractivity contribution in [3.05, 3.63) is 0 Å². The SMILES string of the molecule is CC(=O)O.CC(=O)O.CC(=O)O.CC(=O)O.CC(=O)O.CC(=O)O.CC(=O)O.CC(=O)O.CC(=O)O.CC(=O)O.CC(=O)O.CC(=O)O.CC(=O)O.CC(=O)O.CC(=O)O.CC(=O)[O-].CC(=O)[O-].CC(=O)[O-].CC(=O)[O-].CC(=O)[O-].CC(=O)[O-].CC(=O)[O-].CC(=O)[O-].CC(=O)[O-].CC(=O)[O-].CC(=O)[O-].CC(=O)[O-].CC(=O)[O-].CC(=O)[O-].CC(=O)[O-].[Na+].[Na+].[Na+].[Na+].[Na+].[Na+].[Na+].[Na+].[Na+].[Na+].[Na+].[Na+].[Na+].[Na+].[Na+]. The second kappa shape index (κ2) is 293. The smallest absolute Gasteiger partial charge is 0.550 e. The minimum Gasteiger partial charge on any atom is -0.550 e. The first-order valence-corrected chi connectivity index (χ1v) is 27.5. The van der Waals surface area contributed by atoms with Crippen molar-refractivity contribution in [2.75, 3.05) is 0 Å². The summed E-state index contributed by atoms with van der Waals surface area (Å²) >= 11 is 0. The van der Waals surface area contributed by atoms with Gasteiger partial charge in [0.05, 0.1) is 0 Å². The molecule has 0 aliphatic rings. The second-order valence-corrected chi connectivity index (χ2v) is 15.2. The zero-order chi connectivity index (χ0) is 107. The van der Waals surface area contributed by atoms with Crippen molar-refractivity contribution in [3.8, 4) is 0 Å². The predicted octanol–water partition coefficient (Wildman–Crippen LogP) is -62.2. The van der Waals surface area contributed by atoms with Gasteiger partial charge in [0.2, 0.25) is 0 Å². The van der Waals surface area contributed by atoms with Crippen LogP contribution >= 0.6 is 0 Å². The second-order valence-electron chi connectivity index (χ2n) is 15.2. The third-order valence-corrected chi connectivity index (χ3v) is 0. The van der Waals surface area contributed by atoms with Gasteiger partial charge >= 0.3 is 443 Å². The molecule has 0 aromatic heterocycles. The largest absolute Gasteiger partial charge is 1.00 e. The Bertz CT molecular complexity index is 1760. The maximum atomic E-state index is 9.00. The quantitative estimate of drug-likeness (QED) is 0.100. The number of carboxylic acid groups (broad SMARTS) is 30. The minimum absolute atomic E-state index is 0. The van der Waals surface area contributed by atoms with Crippen LogP contribution in [0.1, 0.15) is 208 Å². The van der Waals surface area contributed by atoms with E-state index >= 15 is 0 Å². The molecule has 0 fully saturated rings. The van der Waals surface area contributed by atoms with E-state index in [9.17, 15) is 0 Å². The third-order valence-electron chi connectivity index (χ3n) is 0. The van der Waals surface area contributed by atoms with Crippen LogP contribution in [0.3, 0.4) is 0 Å². The molecule has 0 amide bonds. The Balaban J connectivity index is -0.0000000144. The number of aliphatic carboxylic acids is 30. The van der Waals surface area contributed by atoms with Gasteiger partial charge in [0.25, 0.3) is 89.5 Å². The van der Waals surface area contributed by atoms with Gasteiger partial charge in [-0.15, -0.1) is 0 Å². The molecule has 720 valence electrons. The monoisotopic (exact) mass is 2130 g/mol. The summed E-state index contributed by atoms with van der Waals surface area (Å²) in [6, 6.07) is 0. The van der Waals surface area contributed by atoms with Gasteiger partial charge in [0.15, 0.2) is 0 Å². The van der Waals surface area contributed by atoms with Gasteiger partial charge in [0.1, 0.15) is 0 Å². The molecule has 0 unspecified atom stereocenters. The van der Waals surface area contributed by atoms with Crippen LogP contribution in [0.4, 0.5) is 0 Å². The average molecular weight is 2130 g/mol. The van der Waals surface area contributed by atoms with E-state index in [1.165, 1.54) is 0 Å². The van der Waals surface area contributed by atoms with Gasteiger partial charge in [-0.1, -0.05) is 0 Å². The van der Waals surface area contributed by atoms with E-state index in [0.717, 1.165) is 208 Å². The van der Waals surface area contributed by atoms with E-state index in [4.69, 9.17) is 297 Å². The molecule has 0 aliphatic heterocycles. The Morgan fingerprint density at radius 2 is 0.0889 bits per heavy atom. The van der Waals surface area contributed by atoms with E-state index in [2.05, 4.69) is 0 Å². The normalized spacial score (nSPS) is 5.56. The fourth-order valence-electron chi connectivity index (χ4n) is 0. The fraction of sp³-hybridized carbons (Fsp3) is 0.500. The molecule has 0 radical (unpaired) electrons. The molecular weight excluding hydrogens is 2030 g/mol. The summed E-state index contributed by atoms with van der Waals surface area (Å²) in [5.41, 5.74) is 0. The van der Waals surface area contributed by atoms with Crippen LogP contribution in [0.2, 0.25) is 0 Å². The molecule has 0 bridgehead atoms. The zero-order valence-electron chi connectivity index (χ0n) is 85.1. The summed E-state index contributed by atoms with van der Waals surface area (Å²) in [4.78, 5) is 268. The van der Waals surface area contributed by atoms with Crippen molar-refractivity contribution in [2.45, 2.75) is 208 Å². The van der Waals surface area contributed by atoms with Crippen molar-refractivity contribution >= 4 is 179 Å².